The molecule has 0 heterocycles. The number of hydrogen-bond acceptors (Lipinski definition) is 4. The van der Waals surface area contributed by atoms with Crippen molar-refractivity contribution in [3.8, 4) is 0 Å². The minimum absolute atomic E-state index is 0.0170. The summed E-state index contributed by atoms with van der Waals surface area (Å²) >= 11 is 3.02. The van der Waals surface area contributed by atoms with E-state index in [1.165, 1.54) is 18.2 Å². The van der Waals surface area contributed by atoms with Crippen LogP contribution < -0.4 is 4.72 Å². The summed E-state index contributed by atoms with van der Waals surface area (Å²) in [4.78, 5) is 10.1. The highest BCUT2D eigenvalue weighted by molar-refractivity contribution is 9.10. The van der Waals surface area contributed by atoms with Gasteiger partial charge in [-0.15, -0.1) is 0 Å². The second-order valence-electron chi connectivity index (χ2n) is 3.34. The third-order valence-electron chi connectivity index (χ3n) is 1.89. The summed E-state index contributed by atoms with van der Waals surface area (Å²) in [5.74, 6) is -0.0170. The van der Waals surface area contributed by atoms with Gasteiger partial charge in [-0.25, -0.2) is 8.42 Å². The Kier molecular flexibility index (Phi) is 4.47. The molecular weight excluding hydrogens is 312 g/mol. The maximum atomic E-state index is 11.5. The zero-order valence-corrected chi connectivity index (χ0v) is 11.4. The van der Waals surface area contributed by atoms with Gasteiger partial charge in [0.15, 0.2) is 0 Å². The van der Waals surface area contributed by atoms with Crippen molar-refractivity contribution < 1.29 is 13.3 Å². The smallest absolute Gasteiger partial charge is 0.283 e. The van der Waals surface area contributed by atoms with E-state index in [-0.39, 0.29) is 17.1 Å². The monoisotopic (exact) mass is 322 g/mol. The standard InChI is InChI=1S/C9H11BrN2O4S/c1-2-5-17(15,16)11-7-3-4-8(10)9(6-7)12(13)14/h3-4,6,11H,2,5H2,1H3. The van der Waals surface area contributed by atoms with Crippen molar-refractivity contribution in [1.82, 2.24) is 0 Å². The van der Waals surface area contributed by atoms with Crippen molar-refractivity contribution in [2.45, 2.75) is 13.3 Å². The Labute approximate surface area is 107 Å². The molecule has 0 atom stereocenters. The second-order valence-corrected chi connectivity index (χ2v) is 6.04. The first-order valence-electron chi connectivity index (χ1n) is 4.80. The second kappa shape index (κ2) is 5.46. The van der Waals surface area contributed by atoms with Crippen LogP contribution in [0.1, 0.15) is 13.3 Å². The van der Waals surface area contributed by atoms with Gasteiger partial charge in [-0.05, 0) is 34.5 Å². The van der Waals surface area contributed by atoms with Gasteiger partial charge in [0.2, 0.25) is 10.0 Å². The zero-order chi connectivity index (χ0) is 13.1. The summed E-state index contributed by atoms with van der Waals surface area (Å²) in [5.41, 5.74) is 0.00930. The third-order valence-corrected chi connectivity index (χ3v) is 4.05. The number of halogens is 1. The molecule has 17 heavy (non-hydrogen) atoms. The largest absolute Gasteiger partial charge is 0.285 e. The van der Waals surface area contributed by atoms with Crippen LogP contribution in [0.5, 0.6) is 0 Å². The molecule has 1 rings (SSSR count). The molecule has 0 aliphatic carbocycles. The van der Waals surface area contributed by atoms with E-state index in [1.54, 1.807) is 6.92 Å². The van der Waals surface area contributed by atoms with Crippen molar-refractivity contribution in [2.24, 2.45) is 0 Å². The van der Waals surface area contributed by atoms with Gasteiger partial charge in [-0.2, -0.15) is 0 Å². The summed E-state index contributed by atoms with van der Waals surface area (Å²) in [6.07, 6.45) is 0.480. The van der Waals surface area contributed by atoms with Gasteiger partial charge in [-0.3, -0.25) is 14.8 Å². The number of hydrogen-bond donors (Lipinski definition) is 1. The Hall–Kier alpha value is -1.15. The maximum absolute atomic E-state index is 11.5. The van der Waals surface area contributed by atoms with Crippen molar-refractivity contribution in [1.29, 1.82) is 0 Å². The molecule has 0 aliphatic heterocycles. The molecule has 1 N–H and O–H groups in total. The molecule has 0 aliphatic rings. The molecule has 6 nitrogen and oxygen atoms in total. The van der Waals surface area contributed by atoms with Gasteiger partial charge in [0, 0.05) is 6.07 Å². The molecule has 8 heteroatoms. The Morgan fingerprint density at radius 2 is 2.12 bits per heavy atom. The van der Waals surface area contributed by atoms with E-state index >= 15 is 0 Å². The number of rotatable bonds is 5. The molecule has 0 saturated carbocycles. The highest BCUT2D eigenvalue weighted by Crippen LogP contribution is 2.28. The number of nitrogens with zero attached hydrogens (tertiary/aromatic N) is 1. The van der Waals surface area contributed by atoms with E-state index in [9.17, 15) is 18.5 Å². The minimum Gasteiger partial charge on any atom is -0.283 e. The van der Waals surface area contributed by atoms with E-state index in [2.05, 4.69) is 20.7 Å². The molecule has 1 aromatic carbocycles. The average molecular weight is 323 g/mol. The van der Waals surface area contributed by atoms with Crippen molar-refractivity contribution >= 4 is 37.3 Å². The van der Waals surface area contributed by atoms with Crippen LogP contribution in [0.4, 0.5) is 11.4 Å². The summed E-state index contributed by atoms with van der Waals surface area (Å²) in [7, 11) is -3.43. The Morgan fingerprint density at radius 3 is 2.65 bits per heavy atom. The van der Waals surface area contributed by atoms with Crippen LogP contribution >= 0.6 is 15.9 Å². The van der Waals surface area contributed by atoms with Gasteiger partial charge in [0.05, 0.1) is 20.8 Å². The number of nitro benzene ring substituents is 1. The molecule has 0 radical (unpaired) electrons. The number of nitrogens with one attached hydrogen (secondary N) is 1. The average Bonchev–Trinajstić information content (AvgIpc) is 2.20. The molecule has 0 saturated heterocycles. The third kappa shape index (κ3) is 3.97. The molecule has 0 amide bonds. The quantitative estimate of drug-likeness (QED) is 0.666. The molecule has 0 bridgehead atoms. The van der Waals surface area contributed by atoms with Crippen molar-refractivity contribution in [3.63, 3.8) is 0 Å². The highest BCUT2D eigenvalue weighted by atomic mass is 79.9. The number of sulfonamides is 1. The lowest BCUT2D eigenvalue weighted by atomic mass is 10.3. The predicted molar refractivity (Wildman–Crippen MR) is 68.5 cm³/mol. The Bertz CT molecular complexity index is 530. The van der Waals surface area contributed by atoms with Crippen LogP contribution in [0.2, 0.25) is 0 Å². The van der Waals surface area contributed by atoms with Gasteiger partial charge in [-0.1, -0.05) is 6.92 Å². The lowest BCUT2D eigenvalue weighted by Gasteiger charge is -2.07. The predicted octanol–water partition coefficient (Wildman–Crippen LogP) is 2.51. The molecule has 94 valence electrons. The van der Waals surface area contributed by atoms with Crippen molar-refractivity contribution in [3.05, 3.63) is 32.8 Å². The fraction of sp³-hybridized carbons (Fsp3) is 0.333. The van der Waals surface area contributed by atoms with Gasteiger partial charge < -0.3 is 0 Å². The molecule has 0 fully saturated rings. The Morgan fingerprint density at radius 1 is 1.47 bits per heavy atom. The van der Waals surface area contributed by atoms with Gasteiger partial charge in [0.1, 0.15) is 0 Å². The number of nitro groups is 1. The van der Waals surface area contributed by atoms with E-state index in [1.807, 2.05) is 0 Å². The normalized spacial score (nSPS) is 11.2. The van der Waals surface area contributed by atoms with E-state index < -0.39 is 14.9 Å². The van der Waals surface area contributed by atoms with Crippen LogP contribution in [0.3, 0.4) is 0 Å². The van der Waals surface area contributed by atoms with E-state index in [0.29, 0.717) is 10.9 Å². The summed E-state index contributed by atoms with van der Waals surface area (Å²) < 4.78 is 25.5. The topological polar surface area (TPSA) is 89.3 Å². The molecule has 0 spiro atoms. The zero-order valence-electron chi connectivity index (χ0n) is 9.01. The van der Waals surface area contributed by atoms with Crippen LogP contribution in [0, 0.1) is 10.1 Å². The van der Waals surface area contributed by atoms with Gasteiger partial charge >= 0.3 is 0 Å². The first-order valence-corrected chi connectivity index (χ1v) is 7.24. The van der Waals surface area contributed by atoms with Gasteiger partial charge in [0.25, 0.3) is 5.69 Å². The van der Waals surface area contributed by atoms with Crippen LogP contribution in [-0.2, 0) is 10.0 Å². The summed E-state index contributed by atoms with van der Waals surface area (Å²) in [6, 6.07) is 4.07. The number of benzene rings is 1. The first-order chi connectivity index (χ1) is 7.85. The lowest BCUT2D eigenvalue weighted by Crippen LogP contribution is -2.16. The highest BCUT2D eigenvalue weighted by Gasteiger charge is 2.15. The molecule has 0 unspecified atom stereocenters. The fourth-order valence-electron chi connectivity index (χ4n) is 1.22. The minimum atomic E-state index is -3.43. The van der Waals surface area contributed by atoms with Crippen LogP contribution in [0.25, 0.3) is 0 Å². The van der Waals surface area contributed by atoms with Crippen molar-refractivity contribution in [2.75, 3.05) is 10.5 Å². The van der Waals surface area contributed by atoms with E-state index in [0.717, 1.165) is 0 Å². The molecule has 1 aromatic rings. The number of anilines is 1. The Balaban J connectivity index is 3.02. The SMILES string of the molecule is CCCS(=O)(=O)Nc1ccc(Br)c([N+](=O)[O-])c1. The maximum Gasteiger partial charge on any atom is 0.285 e. The lowest BCUT2D eigenvalue weighted by molar-refractivity contribution is -0.385. The van der Waals surface area contributed by atoms with Crippen LogP contribution in [-0.4, -0.2) is 19.1 Å². The summed E-state index contributed by atoms with van der Waals surface area (Å²) in [6.45, 7) is 1.74. The molecular formula is C9H11BrN2O4S. The van der Waals surface area contributed by atoms with E-state index in [4.69, 9.17) is 0 Å². The molecule has 0 aromatic heterocycles. The summed E-state index contributed by atoms with van der Waals surface area (Å²) in [5, 5.41) is 10.7. The fourth-order valence-corrected chi connectivity index (χ4v) is 2.73. The first kappa shape index (κ1) is 13.9. The van der Waals surface area contributed by atoms with Crippen LogP contribution in [0.15, 0.2) is 22.7 Å².